The number of carbonyl (C=O) groups excluding carboxylic acids is 2. The maximum absolute atomic E-state index is 12.9. The minimum Gasteiger partial charge on any atom is -0.340 e. The molecule has 1 heterocycles. The Morgan fingerprint density at radius 3 is 2.43 bits per heavy atom. The molecule has 4 heteroatoms. The van der Waals surface area contributed by atoms with Gasteiger partial charge in [0.2, 0.25) is 11.8 Å². The molecule has 1 aromatic rings. The Labute approximate surface area is 125 Å². The largest absolute Gasteiger partial charge is 0.340 e. The summed E-state index contributed by atoms with van der Waals surface area (Å²) < 4.78 is 0. The van der Waals surface area contributed by atoms with E-state index >= 15 is 0 Å². The number of amides is 2. The van der Waals surface area contributed by atoms with Crippen LogP contribution < -0.4 is 5.32 Å². The SMILES string of the molecule is Cc1ccc(CN2C(=O)C(C)(C3CC3)NC(=O)C2C)cc1. The van der Waals surface area contributed by atoms with E-state index in [0.29, 0.717) is 12.5 Å². The van der Waals surface area contributed by atoms with Crippen LogP contribution in [0.3, 0.4) is 0 Å². The fourth-order valence-corrected chi connectivity index (χ4v) is 3.07. The molecular weight excluding hydrogens is 264 g/mol. The third kappa shape index (κ3) is 2.43. The number of hydrogen-bond acceptors (Lipinski definition) is 2. The summed E-state index contributed by atoms with van der Waals surface area (Å²) in [4.78, 5) is 26.8. The van der Waals surface area contributed by atoms with Crippen molar-refractivity contribution < 1.29 is 9.59 Å². The van der Waals surface area contributed by atoms with Gasteiger partial charge in [-0.2, -0.15) is 0 Å². The number of rotatable bonds is 3. The second-order valence-corrected chi connectivity index (χ2v) is 6.56. The van der Waals surface area contributed by atoms with Gasteiger partial charge < -0.3 is 10.2 Å². The molecule has 1 aromatic carbocycles. The first-order valence-corrected chi connectivity index (χ1v) is 7.60. The van der Waals surface area contributed by atoms with Gasteiger partial charge in [-0.15, -0.1) is 0 Å². The highest BCUT2D eigenvalue weighted by atomic mass is 16.2. The maximum atomic E-state index is 12.9. The van der Waals surface area contributed by atoms with Crippen molar-refractivity contribution in [1.29, 1.82) is 0 Å². The highest BCUT2D eigenvalue weighted by molar-refractivity contribution is 5.99. The molecule has 2 atom stereocenters. The number of nitrogens with zero attached hydrogens (tertiary/aromatic N) is 1. The van der Waals surface area contributed by atoms with E-state index in [4.69, 9.17) is 0 Å². The third-order valence-corrected chi connectivity index (χ3v) is 4.80. The molecule has 1 saturated carbocycles. The second-order valence-electron chi connectivity index (χ2n) is 6.56. The minimum atomic E-state index is -0.714. The van der Waals surface area contributed by atoms with Gasteiger partial charge in [-0.1, -0.05) is 29.8 Å². The topological polar surface area (TPSA) is 49.4 Å². The molecule has 2 unspecified atom stereocenters. The molecule has 2 fully saturated rings. The first kappa shape index (κ1) is 14.1. The van der Waals surface area contributed by atoms with Crippen LogP contribution >= 0.6 is 0 Å². The van der Waals surface area contributed by atoms with Gasteiger partial charge in [-0.25, -0.2) is 0 Å². The average Bonchev–Trinajstić information content (AvgIpc) is 3.28. The second kappa shape index (κ2) is 4.86. The summed E-state index contributed by atoms with van der Waals surface area (Å²) in [5, 5.41) is 2.95. The van der Waals surface area contributed by atoms with Crippen LogP contribution in [0.2, 0.25) is 0 Å². The van der Waals surface area contributed by atoms with E-state index in [-0.39, 0.29) is 11.8 Å². The summed E-state index contributed by atoms with van der Waals surface area (Å²) in [6, 6.07) is 7.71. The molecular formula is C17H22N2O2. The van der Waals surface area contributed by atoms with Crippen LogP contribution in [0.1, 0.15) is 37.8 Å². The quantitative estimate of drug-likeness (QED) is 0.924. The van der Waals surface area contributed by atoms with Crippen molar-refractivity contribution >= 4 is 11.8 Å². The lowest BCUT2D eigenvalue weighted by Crippen LogP contribution is -2.69. The van der Waals surface area contributed by atoms with Crippen LogP contribution in [-0.2, 0) is 16.1 Å². The van der Waals surface area contributed by atoms with Gasteiger partial charge in [0.25, 0.3) is 0 Å². The highest BCUT2D eigenvalue weighted by Gasteiger charge is 2.54. The van der Waals surface area contributed by atoms with Crippen molar-refractivity contribution in [3.63, 3.8) is 0 Å². The number of aryl methyl sites for hydroxylation is 1. The van der Waals surface area contributed by atoms with Gasteiger partial charge in [0.05, 0.1) is 0 Å². The Balaban J connectivity index is 1.85. The monoisotopic (exact) mass is 286 g/mol. The number of nitrogens with one attached hydrogen (secondary N) is 1. The van der Waals surface area contributed by atoms with Crippen LogP contribution in [0, 0.1) is 12.8 Å². The molecule has 4 nitrogen and oxygen atoms in total. The Morgan fingerprint density at radius 1 is 1.24 bits per heavy atom. The Morgan fingerprint density at radius 2 is 1.86 bits per heavy atom. The normalized spacial score (nSPS) is 29.5. The van der Waals surface area contributed by atoms with E-state index < -0.39 is 11.6 Å². The van der Waals surface area contributed by atoms with Crippen LogP contribution in [0.5, 0.6) is 0 Å². The molecule has 0 bridgehead atoms. The first-order chi connectivity index (χ1) is 9.91. The molecule has 1 saturated heterocycles. The first-order valence-electron chi connectivity index (χ1n) is 7.60. The molecule has 21 heavy (non-hydrogen) atoms. The number of piperazine rings is 1. The van der Waals surface area contributed by atoms with Crippen LogP contribution in [0.4, 0.5) is 0 Å². The van der Waals surface area contributed by atoms with Crippen LogP contribution in [0.25, 0.3) is 0 Å². The van der Waals surface area contributed by atoms with Crippen LogP contribution in [0.15, 0.2) is 24.3 Å². The van der Waals surface area contributed by atoms with Gasteiger partial charge in [0.15, 0.2) is 0 Å². The van der Waals surface area contributed by atoms with Gasteiger partial charge in [-0.3, -0.25) is 9.59 Å². The summed E-state index contributed by atoms with van der Waals surface area (Å²) in [6.07, 6.45) is 2.05. The summed E-state index contributed by atoms with van der Waals surface area (Å²) in [5.41, 5.74) is 1.54. The molecule has 3 rings (SSSR count). The molecule has 0 aromatic heterocycles. The van der Waals surface area contributed by atoms with E-state index in [2.05, 4.69) is 5.32 Å². The molecule has 2 amide bonds. The smallest absolute Gasteiger partial charge is 0.249 e. The molecule has 0 radical (unpaired) electrons. The maximum Gasteiger partial charge on any atom is 0.249 e. The Kier molecular flexibility index (Phi) is 3.27. The van der Waals surface area contributed by atoms with E-state index in [1.807, 2.05) is 38.1 Å². The standard InChI is InChI=1S/C17H22N2O2/c1-11-4-6-13(7-5-11)10-19-12(2)15(20)18-17(3,16(19)21)14-8-9-14/h4-7,12,14H,8-10H2,1-3H3,(H,18,20). The lowest BCUT2D eigenvalue weighted by atomic mass is 9.89. The zero-order chi connectivity index (χ0) is 15.2. The average molecular weight is 286 g/mol. The predicted molar refractivity (Wildman–Crippen MR) is 80.5 cm³/mol. The fourth-order valence-electron chi connectivity index (χ4n) is 3.07. The summed E-state index contributed by atoms with van der Waals surface area (Å²) in [6.45, 7) is 6.21. The summed E-state index contributed by atoms with van der Waals surface area (Å²) in [5.74, 6) is 0.302. The van der Waals surface area contributed by atoms with E-state index in [0.717, 1.165) is 18.4 Å². The van der Waals surface area contributed by atoms with Crippen molar-refractivity contribution in [2.45, 2.75) is 51.7 Å². The molecule has 1 aliphatic heterocycles. The van der Waals surface area contributed by atoms with Crippen molar-refractivity contribution in [1.82, 2.24) is 10.2 Å². The third-order valence-electron chi connectivity index (χ3n) is 4.80. The van der Waals surface area contributed by atoms with Crippen molar-refractivity contribution in [2.24, 2.45) is 5.92 Å². The minimum absolute atomic E-state index is 0.0453. The number of hydrogen-bond donors (Lipinski definition) is 1. The van der Waals surface area contributed by atoms with Gasteiger partial charge in [-0.05, 0) is 45.1 Å². The Hall–Kier alpha value is -1.84. The van der Waals surface area contributed by atoms with Gasteiger partial charge in [0.1, 0.15) is 11.6 Å². The Bertz CT molecular complexity index is 577. The molecule has 2 aliphatic rings. The van der Waals surface area contributed by atoms with Gasteiger partial charge >= 0.3 is 0 Å². The lowest BCUT2D eigenvalue weighted by Gasteiger charge is -2.43. The van der Waals surface area contributed by atoms with Crippen molar-refractivity contribution in [2.75, 3.05) is 0 Å². The van der Waals surface area contributed by atoms with Crippen LogP contribution in [-0.4, -0.2) is 28.3 Å². The predicted octanol–water partition coefficient (Wildman–Crippen LogP) is 2.01. The lowest BCUT2D eigenvalue weighted by molar-refractivity contribution is -0.155. The zero-order valence-electron chi connectivity index (χ0n) is 12.8. The summed E-state index contributed by atoms with van der Waals surface area (Å²) in [7, 11) is 0. The fraction of sp³-hybridized carbons (Fsp3) is 0.529. The number of benzene rings is 1. The highest BCUT2D eigenvalue weighted by Crippen LogP contribution is 2.42. The van der Waals surface area contributed by atoms with Crippen molar-refractivity contribution in [3.8, 4) is 0 Å². The van der Waals surface area contributed by atoms with E-state index in [9.17, 15) is 9.59 Å². The van der Waals surface area contributed by atoms with Gasteiger partial charge in [0, 0.05) is 6.54 Å². The molecule has 0 spiro atoms. The molecule has 112 valence electrons. The van der Waals surface area contributed by atoms with E-state index in [1.165, 1.54) is 5.56 Å². The zero-order valence-corrected chi connectivity index (χ0v) is 12.8. The van der Waals surface area contributed by atoms with Crippen molar-refractivity contribution in [3.05, 3.63) is 35.4 Å². The molecule has 1 aliphatic carbocycles. The molecule has 1 N–H and O–H groups in total. The van der Waals surface area contributed by atoms with E-state index in [1.54, 1.807) is 11.8 Å². The number of carbonyl (C=O) groups is 2. The summed E-state index contributed by atoms with van der Waals surface area (Å²) >= 11 is 0.